The number of nitrogens with one attached hydrogen (secondary N) is 1. The van der Waals surface area contributed by atoms with Crippen LogP contribution in [-0.4, -0.2) is 49.9 Å². The van der Waals surface area contributed by atoms with E-state index < -0.39 is 45.8 Å². The quantitative estimate of drug-likeness (QED) is 0.316. The number of halogens is 2. The predicted octanol–water partition coefficient (Wildman–Crippen LogP) is 5.41. The summed E-state index contributed by atoms with van der Waals surface area (Å²) in [7, 11) is -4.32. The van der Waals surface area contributed by atoms with Gasteiger partial charge in [-0.25, -0.2) is 12.8 Å². The average molecular weight is 604 g/mol. The summed E-state index contributed by atoms with van der Waals surface area (Å²) < 4.78 is 47.7. The summed E-state index contributed by atoms with van der Waals surface area (Å²) in [5.41, 5.74) is 0.345. The Morgan fingerprint density at radius 1 is 0.976 bits per heavy atom. The number of anilines is 1. The molecule has 0 spiro atoms. The van der Waals surface area contributed by atoms with Gasteiger partial charge in [-0.15, -0.1) is 0 Å². The van der Waals surface area contributed by atoms with Gasteiger partial charge in [0.05, 0.1) is 17.2 Å². The van der Waals surface area contributed by atoms with Crippen LogP contribution in [0.1, 0.15) is 40.2 Å². The monoisotopic (exact) mass is 603 g/mol. The first-order valence-electron chi connectivity index (χ1n) is 13.1. The van der Waals surface area contributed by atoms with E-state index in [0.29, 0.717) is 22.9 Å². The van der Waals surface area contributed by atoms with Crippen LogP contribution < -0.4 is 14.4 Å². The van der Waals surface area contributed by atoms with Crippen LogP contribution >= 0.6 is 11.6 Å². The molecule has 3 aromatic rings. The number of sulfonamides is 1. The van der Waals surface area contributed by atoms with Crippen LogP contribution in [0.25, 0.3) is 0 Å². The molecular weight excluding hydrogens is 569 g/mol. The third-order valence-corrected chi connectivity index (χ3v) is 8.09. The van der Waals surface area contributed by atoms with E-state index in [-0.39, 0.29) is 17.1 Å². The van der Waals surface area contributed by atoms with Crippen LogP contribution in [0.5, 0.6) is 5.75 Å². The van der Waals surface area contributed by atoms with Gasteiger partial charge in [0.25, 0.3) is 10.0 Å². The maximum Gasteiger partial charge on any atom is 0.264 e. The van der Waals surface area contributed by atoms with Crippen molar-refractivity contribution in [2.24, 2.45) is 0 Å². The third kappa shape index (κ3) is 8.68. The normalized spacial score (nSPS) is 12.4. The zero-order valence-corrected chi connectivity index (χ0v) is 25.3. The van der Waals surface area contributed by atoms with Crippen molar-refractivity contribution in [1.29, 1.82) is 0 Å². The van der Waals surface area contributed by atoms with Gasteiger partial charge in [-0.1, -0.05) is 23.7 Å². The molecule has 1 atom stereocenters. The number of amides is 2. The van der Waals surface area contributed by atoms with Crippen molar-refractivity contribution in [3.63, 3.8) is 0 Å². The lowest BCUT2D eigenvalue weighted by Crippen LogP contribution is -2.54. The van der Waals surface area contributed by atoms with Gasteiger partial charge in [-0.05, 0) is 101 Å². The van der Waals surface area contributed by atoms with Gasteiger partial charge in [0.2, 0.25) is 11.8 Å². The highest BCUT2D eigenvalue weighted by atomic mass is 35.5. The lowest BCUT2D eigenvalue weighted by Gasteiger charge is -2.33. The van der Waals surface area contributed by atoms with Crippen molar-refractivity contribution in [3.05, 3.63) is 89.2 Å². The summed E-state index contributed by atoms with van der Waals surface area (Å²) in [6, 6.07) is 16.5. The highest BCUT2D eigenvalue weighted by Crippen LogP contribution is 2.27. The molecule has 0 fully saturated rings. The van der Waals surface area contributed by atoms with Crippen molar-refractivity contribution in [2.45, 2.75) is 57.6 Å². The van der Waals surface area contributed by atoms with E-state index in [4.69, 9.17) is 16.3 Å². The van der Waals surface area contributed by atoms with E-state index in [1.165, 1.54) is 17.0 Å². The van der Waals surface area contributed by atoms with Gasteiger partial charge >= 0.3 is 0 Å². The van der Waals surface area contributed by atoms with Gasteiger partial charge < -0.3 is 15.0 Å². The highest BCUT2D eigenvalue weighted by Gasteiger charge is 2.33. The fourth-order valence-corrected chi connectivity index (χ4v) is 5.52. The first kappa shape index (κ1) is 31.9. The molecule has 0 heterocycles. The Labute approximate surface area is 246 Å². The van der Waals surface area contributed by atoms with E-state index in [1.807, 2.05) is 27.7 Å². The Morgan fingerprint density at radius 3 is 2.10 bits per heavy atom. The molecule has 0 unspecified atom stereocenters. The third-order valence-electron chi connectivity index (χ3n) is 6.05. The first-order chi connectivity index (χ1) is 19.2. The molecule has 0 aliphatic rings. The molecule has 0 aliphatic heterocycles. The Morgan fingerprint density at radius 2 is 1.56 bits per heavy atom. The van der Waals surface area contributed by atoms with Crippen molar-refractivity contribution < 1.29 is 27.1 Å². The number of hydrogen-bond donors (Lipinski definition) is 1. The second-order valence-electron chi connectivity index (χ2n) is 10.5. The second kappa shape index (κ2) is 13.4. The predicted molar refractivity (Wildman–Crippen MR) is 158 cm³/mol. The summed E-state index contributed by atoms with van der Waals surface area (Å²) in [6.45, 7) is 8.72. The molecule has 0 saturated heterocycles. The van der Waals surface area contributed by atoms with Crippen LogP contribution in [0, 0.1) is 5.82 Å². The summed E-state index contributed by atoms with van der Waals surface area (Å²) >= 11 is 6.03. The summed E-state index contributed by atoms with van der Waals surface area (Å²) in [4.78, 5) is 28.2. The molecule has 3 rings (SSSR count). The van der Waals surface area contributed by atoms with Crippen LogP contribution in [-0.2, 0) is 26.2 Å². The minimum atomic E-state index is -4.32. The van der Waals surface area contributed by atoms with E-state index in [0.717, 1.165) is 28.6 Å². The average Bonchev–Trinajstić information content (AvgIpc) is 2.91. The standard InChI is InChI=1S/C30H35ClFN3O5S/c1-6-40-26-15-13-25(14-16-26)35(41(38,39)27-17-11-24(32)12-18-27)20-28(36)34(19-22-7-9-23(31)10-8-22)21(2)29(37)33-30(3,4)5/h7-18,21H,6,19-20H2,1-5H3,(H,33,37)/t21-/m0/s1. The van der Waals surface area contributed by atoms with Gasteiger partial charge in [0.1, 0.15) is 24.2 Å². The maximum absolute atomic E-state index is 13.9. The second-order valence-corrected chi connectivity index (χ2v) is 12.8. The van der Waals surface area contributed by atoms with Gasteiger partial charge in [0.15, 0.2) is 0 Å². The molecule has 0 saturated carbocycles. The Kier molecular flexibility index (Phi) is 10.4. The molecule has 0 aliphatic carbocycles. The summed E-state index contributed by atoms with van der Waals surface area (Å²) in [5.74, 6) is -1.08. The number of benzene rings is 3. The number of rotatable bonds is 11. The molecule has 0 radical (unpaired) electrons. The molecule has 1 N–H and O–H groups in total. The number of hydrogen-bond acceptors (Lipinski definition) is 5. The molecule has 0 aromatic heterocycles. The molecule has 2 amide bonds. The van der Waals surface area contributed by atoms with Crippen molar-refractivity contribution >= 4 is 39.1 Å². The summed E-state index contributed by atoms with van der Waals surface area (Å²) in [6.07, 6.45) is 0. The van der Waals surface area contributed by atoms with E-state index >= 15 is 0 Å². The molecule has 3 aromatic carbocycles. The lowest BCUT2D eigenvalue weighted by atomic mass is 10.1. The van der Waals surface area contributed by atoms with Crippen LogP contribution in [0.2, 0.25) is 5.02 Å². The number of nitrogens with zero attached hydrogens (tertiary/aromatic N) is 2. The minimum absolute atomic E-state index is 0.0302. The van der Waals surface area contributed by atoms with E-state index in [2.05, 4.69) is 5.32 Å². The number of carbonyl (C=O) groups is 2. The highest BCUT2D eigenvalue weighted by molar-refractivity contribution is 7.92. The fraction of sp³-hybridized carbons (Fsp3) is 0.333. The first-order valence-corrected chi connectivity index (χ1v) is 14.9. The Balaban J connectivity index is 2.03. The SMILES string of the molecule is CCOc1ccc(N(CC(=O)N(Cc2ccc(Cl)cc2)[C@@H](C)C(=O)NC(C)(C)C)S(=O)(=O)c2ccc(F)cc2)cc1. The Hall–Kier alpha value is -3.63. The maximum atomic E-state index is 13.9. The van der Waals surface area contributed by atoms with E-state index in [9.17, 15) is 22.4 Å². The van der Waals surface area contributed by atoms with Crippen molar-refractivity contribution in [3.8, 4) is 5.75 Å². The molecule has 220 valence electrons. The zero-order chi connectivity index (χ0) is 30.4. The smallest absolute Gasteiger partial charge is 0.264 e. The van der Waals surface area contributed by atoms with Gasteiger partial charge in [0, 0.05) is 17.1 Å². The number of ether oxygens (including phenoxy) is 1. The van der Waals surface area contributed by atoms with Crippen LogP contribution in [0.4, 0.5) is 10.1 Å². The fourth-order valence-electron chi connectivity index (χ4n) is 3.98. The lowest BCUT2D eigenvalue weighted by molar-refractivity contribution is -0.140. The van der Waals surface area contributed by atoms with Gasteiger partial charge in [-0.2, -0.15) is 0 Å². The van der Waals surface area contributed by atoms with E-state index in [1.54, 1.807) is 43.3 Å². The molecule has 41 heavy (non-hydrogen) atoms. The Bertz CT molecular complexity index is 1440. The van der Waals surface area contributed by atoms with Crippen molar-refractivity contribution in [1.82, 2.24) is 10.2 Å². The van der Waals surface area contributed by atoms with Crippen LogP contribution in [0.3, 0.4) is 0 Å². The summed E-state index contributed by atoms with van der Waals surface area (Å²) in [5, 5.41) is 3.39. The molecule has 8 nitrogen and oxygen atoms in total. The molecule has 0 bridgehead atoms. The molecular formula is C30H35ClFN3O5S. The minimum Gasteiger partial charge on any atom is -0.494 e. The van der Waals surface area contributed by atoms with Crippen molar-refractivity contribution in [2.75, 3.05) is 17.5 Å². The largest absolute Gasteiger partial charge is 0.494 e. The topological polar surface area (TPSA) is 96.0 Å². The molecule has 11 heteroatoms. The van der Waals surface area contributed by atoms with Gasteiger partial charge in [-0.3, -0.25) is 13.9 Å². The number of carbonyl (C=O) groups excluding carboxylic acids is 2. The zero-order valence-electron chi connectivity index (χ0n) is 23.7. The van der Waals surface area contributed by atoms with Crippen LogP contribution in [0.15, 0.2) is 77.7 Å².